The van der Waals surface area contributed by atoms with E-state index in [-0.39, 0.29) is 5.56 Å². The van der Waals surface area contributed by atoms with Gasteiger partial charge >= 0.3 is 6.18 Å². The Morgan fingerprint density at radius 2 is 2.00 bits per heavy atom. The molecule has 0 radical (unpaired) electrons. The van der Waals surface area contributed by atoms with Crippen LogP contribution in [0.5, 0.6) is 0 Å². The molecule has 19 heavy (non-hydrogen) atoms. The Bertz CT molecular complexity index is 491. The van der Waals surface area contributed by atoms with Gasteiger partial charge in [0.15, 0.2) is 0 Å². The minimum absolute atomic E-state index is 0.0606. The predicted molar refractivity (Wildman–Crippen MR) is 65.1 cm³/mol. The van der Waals surface area contributed by atoms with E-state index in [4.69, 9.17) is 0 Å². The van der Waals surface area contributed by atoms with Crippen molar-refractivity contribution in [3.63, 3.8) is 0 Å². The third kappa shape index (κ3) is 2.81. The van der Waals surface area contributed by atoms with Crippen LogP contribution in [-0.4, -0.2) is 7.05 Å². The molecule has 0 aliphatic heterocycles. The van der Waals surface area contributed by atoms with E-state index in [0.29, 0.717) is 0 Å². The van der Waals surface area contributed by atoms with Crippen molar-refractivity contribution in [2.75, 3.05) is 7.05 Å². The van der Waals surface area contributed by atoms with Crippen molar-refractivity contribution in [1.82, 2.24) is 5.32 Å². The van der Waals surface area contributed by atoms with E-state index in [1.165, 1.54) is 12.1 Å². The van der Waals surface area contributed by atoms with Gasteiger partial charge in [-0.15, -0.1) is 0 Å². The van der Waals surface area contributed by atoms with Crippen LogP contribution < -0.4 is 5.32 Å². The average molecular weight is 273 g/mol. The van der Waals surface area contributed by atoms with Crippen LogP contribution in [0.15, 0.2) is 29.8 Å². The highest BCUT2D eigenvalue weighted by atomic mass is 19.4. The van der Waals surface area contributed by atoms with Gasteiger partial charge in [0.25, 0.3) is 0 Å². The highest BCUT2D eigenvalue weighted by Crippen LogP contribution is 2.37. The second-order valence-corrected chi connectivity index (χ2v) is 4.60. The third-order valence-electron chi connectivity index (χ3n) is 3.38. The Morgan fingerprint density at radius 1 is 1.26 bits per heavy atom. The number of hydrogen-bond donors (Lipinski definition) is 1. The quantitative estimate of drug-likeness (QED) is 0.642. The number of likely N-dealkylation sites (N-methyl/N-ethyl adjacent to an activating group) is 1. The normalized spacial score (nSPS) is 17.4. The fourth-order valence-corrected chi connectivity index (χ4v) is 2.49. The minimum atomic E-state index is -4.66. The monoisotopic (exact) mass is 273 g/mol. The van der Waals surface area contributed by atoms with Crippen molar-refractivity contribution >= 4 is 0 Å². The van der Waals surface area contributed by atoms with Crippen LogP contribution in [0.2, 0.25) is 0 Å². The summed E-state index contributed by atoms with van der Waals surface area (Å²) in [6, 6.07) is 2.95. The van der Waals surface area contributed by atoms with E-state index in [2.05, 4.69) is 5.32 Å². The molecule has 1 N–H and O–H groups in total. The third-order valence-corrected chi connectivity index (χ3v) is 3.38. The number of nitrogens with one attached hydrogen (secondary N) is 1. The van der Waals surface area contributed by atoms with E-state index < -0.39 is 23.6 Å². The lowest BCUT2D eigenvalue weighted by molar-refractivity contribution is -0.140. The molecule has 0 amide bonds. The van der Waals surface area contributed by atoms with Gasteiger partial charge in [-0.05, 0) is 32.4 Å². The molecule has 0 saturated heterocycles. The van der Waals surface area contributed by atoms with Crippen molar-refractivity contribution < 1.29 is 17.6 Å². The van der Waals surface area contributed by atoms with Gasteiger partial charge in [-0.1, -0.05) is 23.8 Å². The largest absolute Gasteiger partial charge is 0.419 e. The first-order chi connectivity index (χ1) is 8.95. The number of allylic oxidation sites excluding steroid dienone is 1. The molecule has 1 atom stereocenters. The maximum Gasteiger partial charge on any atom is 0.419 e. The van der Waals surface area contributed by atoms with E-state index in [0.717, 1.165) is 30.9 Å². The summed E-state index contributed by atoms with van der Waals surface area (Å²) in [6.45, 7) is 0. The van der Waals surface area contributed by atoms with Gasteiger partial charge in [-0.2, -0.15) is 13.2 Å². The van der Waals surface area contributed by atoms with Crippen LogP contribution >= 0.6 is 0 Å². The minimum Gasteiger partial charge on any atom is -0.310 e. The summed E-state index contributed by atoms with van der Waals surface area (Å²) in [7, 11) is 1.63. The summed E-state index contributed by atoms with van der Waals surface area (Å²) >= 11 is 0. The molecule has 1 unspecified atom stereocenters. The molecule has 0 heterocycles. The highest BCUT2D eigenvalue weighted by molar-refractivity contribution is 5.35. The number of benzene rings is 1. The van der Waals surface area contributed by atoms with Gasteiger partial charge in [-0.3, -0.25) is 0 Å². The first kappa shape index (κ1) is 14.1. The van der Waals surface area contributed by atoms with E-state index >= 15 is 0 Å². The zero-order valence-electron chi connectivity index (χ0n) is 10.5. The molecule has 1 nitrogen and oxygen atoms in total. The lowest BCUT2D eigenvalue weighted by Gasteiger charge is -2.20. The van der Waals surface area contributed by atoms with Gasteiger partial charge in [0.2, 0.25) is 0 Å². The maximum absolute atomic E-state index is 14.1. The molecule has 0 fully saturated rings. The number of hydrogen-bond acceptors (Lipinski definition) is 1. The fraction of sp³-hybridized carbons (Fsp3) is 0.429. The number of alkyl halides is 3. The lowest BCUT2D eigenvalue weighted by atomic mass is 9.96. The zero-order valence-corrected chi connectivity index (χ0v) is 10.5. The molecule has 1 aliphatic carbocycles. The van der Waals surface area contributed by atoms with Crippen LogP contribution in [0.1, 0.15) is 36.4 Å². The molecule has 1 aromatic carbocycles. The summed E-state index contributed by atoms with van der Waals surface area (Å²) in [5, 5.41) is 2.90. The van der Waals surface area contributed by atoms with Gasteiger partial charge < -0.3 is 5.32 Å². The second-order valence-electron chi connectivity index (χ2n) is 4.60. The first-order valence-corrected chi connectivity index (χ1v) is 6.17. The van der Waals surface area contributed by atoms with Crippen LogP contribution in [0.4, 0.5) is 17.6 Å². The van der Waals surface area contributed by atoms with E-state index in [9.17, 15) is 17.6 Å². The molecule has 2 rings (SSSR count). The summed E-state index contributed by atoms with van der Waals surface area (Å²) < 4.78 is 52.2. The maximum atomic E-state index is 14.1. The lowest BCUT2D eigenvalue weighted by Crippen LogP contribution is -2.21. The first-order valence-electron chi connectivity index (χ1n) is 6.17. The van der Waals surface area contributed by atoms with Crippen molar-refractivity contribution in [3.8, 4) is 0 Å². The number of halogens is 4. The SMILES string of the molecule is CNC(C1=CCCC1)c1cccc(C(F)(F)F)c1F. The second kappa shape index (κ2) is 5.33. The molecule has 5 heteroatoms. The smallest absolute Gasteiger partial charge is 0.310 e. The van der Waals surface area contributed by atoms with Crippen molar-refractivity contribution in [1.29, 1.82) is 0 Å². The van der Waals surface area contributed by atoms with E-state index in [1.807, 2.05) is 6.08 Å². The van der Waals surface area contributed by atoms with Crippen LogP contribution in [-0.2, 0) is 6.18 Å². The van der Waals surface area contributed by atoms with E-state index in [1.54, 1.807) is 7.05 Å². The van der Waals surface area contributed by atoms with Crippen molar-refractivity contribution in [2.24, 2.45) is 0 Å². The summed E-state index contributed by atoms with van der Waals surface area (Å²) in [6.07, 6.45) is -0.0350. The van der Waals surface area contributed by atoms with Crippen LogP contribution in [0, 0.1) is 5.82 Å². The Hall–Kier alpha value is -1.36. The number of rotatable bonds is 3. The van der Waals surface area contributed by atoms with Gasteiger partial charge in [0, 0.05) is 5.56 Å². The standard InChI is InChI=1S/C14H15F4N/c1-19-13(9-5-2-3-6-9)10-7-4-8-11(12(10)15)14(16,17)18/h4-5,7-8,13,19H,2-3,6H2,1H3. The van der Waals surface area contributed by atoms with Gasteiger partial charge in [0.1, 0.15) is 5.82 Å². The zero-order chi connectivity index (χ0) is 14.0. The Labute approximate surface area is 109 Å². The molecule has 104 valence electrons. The van der Waals surface area contributed by atoms with Gasteiger partial charge in [-0.25, -0.2) is 4.39 Å². The Kier molecular flexibility index (Phi) is 3.94. The molecule has 0 aromatic heterocycles. The van der Waals surface area contributed by atoms with Gasteiger partial charge in [0.05, 0.1) is 11.6 Å². The van der Waals surface area contributed by atoms with Crippen molar-refractivity contribution in [2.45, 2.75) is 31.5 Å². The van der Waals surface area contributed by atoms with Crippen molar-refractivity contribution in [3.05, 3.63) is 46.8 Å². The molecular weight excluding hydrogens is 258 g/mol. The fourth-order valence-electron chi connectivity index (χ4n) is 2.49. The average Bonchev–Trinajstić information content (AvgIpc) is 2.84. The summed E-state index contributed by atoms with van der Waals surface area (Å²) in [5.74, 6) is -1.18. The molecule has 0 spiro atoms. The van der Waals surface area contributed by atoms with Crippen LogP contribution in [0.3, 0.4) is 0 Å². The Balaban J connectivity index is 2.44. The summed E-state index contributed by atoms with van der Waals surface area (Å²) in [5.41, 5.74) is -0.185. The topological polar surface area (TPSA) is 12.0 Å². The molecule has 1 aliphatic rings. The molecule has 1 aromatic rings. The summed E-state index contributed by atoms with van der Waals surface area (Å²) in [4.78, 5) is 0. The molecule has 0 bridgehead atoms. The van der Waals surface area contributed by atoms with Crippen LogP contribution in [0.25, 0.3) is 0 Å². The highest BCUT2D eigenvalue weighted by Gasteiger charge is 2.36. The molecule has 0 saturated carbocycles. The molecular formula is C14H15F4N. The Morgan fingerprint density at radius 3 is 2.53 bits per heavy atom. The predicted octanol–water partition coefficient (Wildman–Crippen LogP) is 4.22.